The number of pyridine rings is 2. The first-order chi connectivity index (χ1) is 10.7. The molecule has 0 atom stereocenters. The molecular formula is C16H12FN3O2. The van der Waals surface area contributed by atoms with Crippen LogP contribution >= 0.6 is 0 Å². The maximum absolute atomic E-state index is 14.0. The molecule has 1 aromatic carbocycles. The highest BCUT2D eigenvalue weighted by Gasteiger charge is 2.09. The summed E-state index contributed by atoms with van der Waals surface area (Å²) < 4.78 is 19.6. The maximum atomic E-state index is 14.0. The Morgan fingerprint density at radius 3 is 2.82 bits per heavy atom. The van der Waals surface area contributed by atoms with Crippen LogP contribution in [0.1, 0.15) is 5.69 Å². The number of carbonyl (C=O) groups excluding carboxylic acids is 1. The molecule has 110 valence electrons. The first-order valence-electron chi connectivity index (χ1n) is 6.56. The Morgan fingerprint density at radius 1 is 1.18 bits per heavy atom. The predicted molar refractivity (Wildman–Crippen MR) is 80.4 cm³/mol. The zero-order chi connectivity index (χ0) is 15.5. The Balaban J connectivity index is 1.98. The SMILES string of the molecule is Cc1cc2nccc(Oc3ccc(NC=O)cc3F)c2cn1. The number of nitrogens with zero attached hydrogens (tertiary/aromatic N) is 2. The second-order valence-electron chi connectivity index (χ2n) is 4.66. The lowest BCUT2D eigenvalue weighted by Gasteiger charge is -2.10. The van der Waals surface area contributed by atoms with E-state index in [2.05, 4.69) is 15.3 Å². The summed E-state index contributed by atoms with van der Waals surface area (Å²) in [6, 6.07) is 7.68. The second kappa shape index (κ2) is 5.77. The molecule has 3 aromatic rings. The van der Waals surface area contributed by atoms with Gasteiger partial charge in [0.25, 0.3) is 0 Å². The first-order valence-corrected chi connectivity index (χ1v) is 6.56. The van der Waals surface area contributed by atoms with Crippen molar-refractivity contribution in [2.75, 3.05) is 5.32 Å². The van der Waals surface area contributed by atoms with Gasteiger partial charge in [-0.05, 0) is 31.2 Å². The molecule has 0 aliphatic carbocycles. The fourth-order valence-corrected chi connectivity index (χ4v) is 2.07. The van der Waals surface area contributed by atoms with Crippen LogP contribution in [-0.4, -0.2) is 16.4 Å². The number of aromatic nitrogens is 2. The van der Waals surface area contributed by atoms with Gasteiger partial charge in [-0.1, -0.05) is 0 Å². The predicted octanol–water partition coefficient (Wildman–Crippen LogP) is 3.44. The number of fused-ring (bicyclic) bond motifs is 1. The summed E-state index contributed by atoms with van der Waals surface area (Å²) in [5.74, 6) is -0.0473. The number of anilines is 1. The van der Waals surface area contributed by atoms with Crippen molar-refractivity contribution in [3.8, 4) is 11.5 Å². The average Bonchev–Trinajstić information content (AvgIpc) is 2.50. The van der Waals surface area contributed by atoms with E-state index in [4.69, 9.17) is 4.74 Å². The lowest BCUT2D eigenvalue weighted by molar-refractivity contribution is -0.105. The van der Waals surface area contributed by atoms with Crippen molar-refractivity contribution >= 4 is 23.0 Å². The Hall–Kier alpha value is -3.02. The van der Waals surface area contributed by atoms with Crippen molar-refractivity contribution < 1.29 is 13.9 Å². The quantitative estimate of drug-likeness (QED) is 0.749. The van der Waals surface area contributed by atoms with E-state index in [1.807, 2.05) is 13.0 Å². The first kappa shape index (κ1) is 13.9. The van der Waals surface area contributed by atoms with Crippen LogP contribution in [-0.2, 0) is 4.79 Å². The summed E-state index contributed by atoms with van der Waals surface area (Å²) in [6.45, 7) is 1.87. The molecule has 0 bridgehead atoms. The molecular weight excluding hydrogens is 285 g/mol. The number of amides is 1. The van der Waals surface area contributed by atoms with Gasteiger partial charge in [0, 0.05) is 29.8 Å². The molecule has 0 aliphatic heterocycles. The van der Waals surface area contributed by atoms with Crippen LogP contribution in [0.25, 0.3) is 10.9 Å². The summed E-state index contributed by atoms with van der Waals surface area (Å²) in [5, 5.41) is 3.08. The van der Waals surface area contributed by atoms with E-state index < -0.39 is 5.82 Å². The number of nitrogens with one attached hydrogen (secondary N) is 1. The lowest BCUT2D eigenvalue weighted by atomic mass is 10.2. The minimum Gasteiger partial charge on any atom is -0.453 e. The van der Waals surface area contributed by atoms with E-state index in [0.29, 0.717) is 23.2 Å². The zero-order valence-corrected chi connectivity index (χ0v) is 11.7. The van der Waals surface area contributed by atoms with Gasteiger partial charge in [-0.15, -0.1) is 0 Å². The number of carbonyl (C=O) groups is 1. The monoisotopic (exact) mass is 297 g/mol. The maximum Gasteiger partial charge on any atom is 0.211 e. The highest BCUT2D eigenvalue weighted by atomic mass is 19.1. The highest BCUT2D eigenvalue weighted by Crippen LogP contribution is 2.31. The van der Waals surface area contributed by atoms with Crippen LogP contribution in [0.2, 0.25) is 0 Å². The molecule has 1 N–H and O–H groups in total. The minimum absolute atomic E-state index is 0.0597. The topological polar surface area (TPSA) is 64.1 Å². The summed E-state index contributed by atoms with van der Waals surface area (Å²) in [6.07, 6.45) is 3.73. The molecule has 22 heavy (non-hydrogen) atoms. The Morgan fingerprint density at radius 2 is 2.05 bits per heavy atom. The van der Waals surface area contributed by atoms with Crippen molar-refractivity contribution in [1.82, 2.24) is 9.97 Å². The molecule has 0 fully saturated rings. The van der Waals surface area contributed by atoms with Gasteiger partial charge in [0.05, 0.1) is 10.9 Å². The summed E-state index contributed by atoms with van der Waals surface area (Å²) in [5.41, 5.74) is 1.92. The van der Waals surface area contributed by atoms with Gasteiger partial charge in [0.1, 0.15) is 5.75 Å². The third-order valence-electron chi connectivity index (χ3n) is 3.10. The van der Waals surface area contributed by atoms with Gasteiger partial charge in [-0.3, -0.25) is 14.8 Å². The van der Waals surface area contributed by atoms with Crippen LogP contribution in [0.5, 0.6) is 11.5 Å². The minimum atomic E-state index is -0.572. The van der Waals surface area contributed by atoms with Gasteiger partial charge in [0.2, 0.25) is 6.41 Å². The zero-order valence-electron chi connectivity index (χ0n) is 11.7. The van der Waals surface area contributed by atoms with Crippen LogP contribution in [0.15, 0.2) is 42.7 Å². The van der Waals surface area contributed by atoms with Crippen molar-refractivity contribution in [2.24, 2.45) is 0 Å². The van der Waals surface area contributed by atoms with Crippen LogP contribution in [0, 0.1) is 12.7 Å². The molecule has 0 saturated carbocycles. The number of hydrogen-bond donors (Lipinski definition) is 1. The molecule has 0 spiro atoms. The molecule has 0 saturated heterocycles. The van der Waals surface area contributed by atoms with Crippen molar-refractivity contribution in [3.05, 3.63) is 54.2 Å². The highest BCUT2D eigenvalue weighted by molar-refractivity contribution is 5.84. The summed E-state index contributed by atoms with van der Waals surface area (Å²) in [4.78, 5) is 18.8. The van der Waals surface area contributed by atoms with E-state index in [1.165, 1.54) is 12.1 Å². The molecule has 2 heterocycles. The van der Waals surface area contributed by atoms with Crippen molar-refractivity contribution in [3.63, 3.8) is 0 Å². The van der Waals surface area contributed by atoms with E-state index >= 15 is 0 Å². The van der Waals surface area contributed by atoms with Crippen molar-refractivity contribution in [2.45, 2.75) is 6.92 Å². The fourth-order valence-electron chi connectivity index (χ4n) is 2.07. The van der Waals surface area contributed by atoms with E-state index in [-0.39, 0.29) is 5.75 Å². The van der Waals surface area contributed by atoms with Crippen LogP contribution in [0.3, 0.4) is 0 Å². The number of benzene rings is 1. The van der Waals surface area contributed by atoms with E-state index in [1.54, 1.807) is 24.5 Å². The smallest absolute Gasteiger partial charge is 0.211 e. The number of aryl methyl sites for hydroxylation is 1. The molecule has 5 nitrogen and oxygen atoms in total. The Bertz CT molecular complexity index is 852. The number of halogens is 1. The number of hydrogen-bond acceptors (Lipinski definition) is 4. The average molecular weight is 297 g/mol. The molecule has 1 amide bonds. The number of ether oxygens (including phenoxy) is 1. The van der Waals surface area contributed by atoms with Crippen LogP contribution < -0.4 is 10.1 Å². The molecule has 2 aromatic heterocycles. The largest absolute Gasteiger partial charge is 0.453 e. The number of rotatable bonds is 4. The van der Waals surface area contributed by atoms with Gasteiger partial charge >= 0.3 is 0 Å². The van der Waals surface area contributed by atoms with Crippen LogP contribution in [0.4, 0.5) is 10.1 Å². The second-order valence-corrected chi connectivity index (χ2v) is 4.66. The summed E-state index contributed by atoms with van der Waals surface area (Å²) >= 11 is 0. The Labute approximate surface area is 125 Å². The summed E-state index contributed by atoms with van der Waals surface area (Å²) in [7, 11) is 0. The van der Waals surface area contributed by atoms with Crippen molar-refractivity contribution in [1.29, 1.82) is 0 Å². The van der Waals surface area contributed by atoms with E-state index in [0.717, 1.165) is 11.2 Å². The standard InChI is InChI=1S/C16H12FN3O2/c1-10-6-14-12(8-19-10)15(4-5-18-14)22-16-3-2-11(20-9-21)7-13(16)17/h2-9H,1H3,(H,20,21). The molecule has 0 unspecified atom stereocenters. The molecule has 3 rings (SSSR count). The molecule has 6 heteroatoms. The molecule has 0 aliphatic rings. The normalized spacial score (nSPS) is 10.5. The fraction of sp³-hybridized carbons (Fsp3) is 0.0625. The molecule has 0 radical (unpaired) electrons. The van der Waals surface area contributed by atoms with Gasteiger partial charge < -0.3 is 10.1 Å². The lowest BCUT2D eigenvalue weighted by Crippen LogP contribution is -1.96. The van der Waals surface area contributed by atoms with Gasteiger partial charge in [-0.25, -0.2) is 4.39 Å². The third kappa shape index (κ3) is 2.71. The van der Waals surface area contributed by atoms with E-state index in [9.17, 15) is 9.18 Å². The van der Waals surface area contributed by atoms with Gasteiger partial charge in [0.15, 0.2) is 11.6 Å². The van der Waals surface area contributed by atoms with Gasteiger partial charge in [-0.2, -0.15) is 0 Å². The Kier molecular flexibility index (Phi) is 3.65. The third-order valence-corrected chi connectivity index (χ3v) is 3.10.